The number of benzene rings is 1. The van der Waals surface area contributed by atoms with Gasteiger partial charge in [-0.15, -0.1) is 0 Å². The lowest BCUT2D eigenvalue weighted by Crippen LogP contribution is -2.43. The summed E-state index contributed by atoms with van der Waals surface area (Å²) >= 11 is 0. The fraction of sp³-hybridized carbons (Fsp3) is 0.320. The van der Waals surface area contributed by atoms with E-state index in [2.05, 4.69) is 45.9 Å². The van der Waals surface area contributed by atoms with Gasteiger partial charge in [0.2, 0.25) is 0 Å². The molecule has 0 radical (unpaired) electrons. The number of pyridine rings is 1. The Balaban J connectivity index is 1.58. The zero-order valence-electron chi connectivity index (χ0n) is 19.0. The molecule has 8 heteroatoms. The summed E-state index contributed by atoms with van der Waals surface area (Å²) in [6.45, 7) is 8.60. The minimum Gasteiger partial charge on any atom is -0.377 e. The van der Waals surface area contributed by atoms with Crippen molar-refractivity contribution >= 4 is 28.2 Å². The van der Waals surface area contributed by atoms with Crippen molar-refractivity contribution < 1.29 is 9.13 Å². The Hall–Kier alpha value is -3.52. The van der Waals surface area contributed by atoms with Crippen LogP contribution in [0.2, 0.25) is 0 Å². The third kappa shape index (κ3) is 4.14. The molecule has 5 rings (SSSR count). The van der Waals surface area contributed by atoms with E-state index in [1.807, 2.05) is 18.5 Å². The van der Waals surface area contributed by atoms with Gasteiger partial charge in [0.05, 0.1) is 30.0 Å². The molecule has 3 aromatic heterocycles. The number of aromatic amines is 1. The molecule has 1 fully saturated rings. The van der Waals surface area contributed by atoms with Crippen LogP contribution in [0.3, 0.4) is 0 Å². The fourth-order valence-electron chi connectivity index (χ4n) is 4.23. The molecule has 2 N–H and O–H groups in total. The number of halogens is 1. The highest BCUT2D eigenvalue weighted by molar-refractivity contribution is 6.01. The molecule has 1 aliphatic heterocycles. The van der Waals surface area contributed by atoms with E-state index in [0.717, 1.165) is 45.9 Å². The summed E-state index contributed by atoms with van der Waals surface area (Å²) in [4.78, 5) is 19.6. The summed E-state index contributed by atoms with van der Waals surface area (Å²) in [5.74, 6) is 1.21. The molecule has 0 bridgehead atoms. The van der Waals surface area contributed by atoms with Gasteiger partial charge in [-0.3, -0.25) is 0 Å². The van der Waals surface area contributed by atoms with Gasteiger partial charge in [-0.05, 0) is 43.2 Å². The first-order valence-electron chi connectivity index (χ1n) is 11.2. The zero-order valence-corrected chi connectivity index (χ0v) is 19.0. The Kier molecular flexibility index (Phi) is 5.68. The molecule has 1 atom stereocenters. The number of hydrogen-bond acceptors (Lipinski definition) is 6. The number of aromatic nitrogens is 4. The number of nitrogens with zero attached hydrogens (tertiary/aromatic N) is 4. The van der Waals surface area contributed by atoms with Gasteiger partial charge in [-0.1, -0.05) is 13.8 Å². The third-order valence-electron chi connectivity index (χ3n) is 6.02. The maximum Gasteiger partial charge on any atom is 0.161 e. The van der Waals surface area contributed by atoms with Gasteiger partial charge in [-0.25, -0.2) is 19.3 Å². The molecule has 7 nitrogen and oxygen atoms in total. The minimum absolute atomic E-state index is 0.219. The second-order valence-corrected chi connectivity index (χ2v) is 8.66. The van der Waals surface area contributed by atoms with Crippen molar-refractivity contribution in [1.29, 1.82) is 0 Å². The highest BCUT2D eigenvalue weighted by Crippen LogP contribution is 2.36. The van der Waals surface area contributed by atoms with Crippen LogP contribution < -0.4 is 10.2 Å². The van der Waals surface area contributed by atoms with Crippen LogP contribution in [0.25, 0.3) is 22.4 Å². The second kappa shape index (κ2) is 8.78. The molecular formula is C25H27FN6O. The van der Waals surface area contributed by atoms with Gasteiger partial charge in [0.1, 0.15) is 17.3 Å². The van der Waals surface area contributed by atoms with E-state index in [-0.39, 0.29) is 17.8 Å². The van der Waals surface area contributed by atoms with E-state index in [9.17, 15) is 4.39 Å². The van der Waals surface area contributed by atoms with E-state index >= 15 is 0 Å². The normalized spacial score (nSPS) is 16.5. The number of anilines is 3. The lowest BCUT2D eigenvalue weighted by molar-refractivity contribution is 0.0991. The monoisotopic (exact) mass is 446 g/mol. The number of morpholine rings is 1. The number of rotatable bonds is 5. The summed E-state index contributed by atoms with van der Waals surface area (Å²) in [6.07, 6.45) is 5.64. The fourth-order valence-corrected chi connectivity index (χ4v) is 4.23. The van der Waals surface area contributed by atoms with Crippen LogP contribution in [0.4, 0.5) is 21.6 Å². The molecule has 170 valence electrons. The summed E-state index contributed by atoms with van der Waals surface area (Å²) < 4.78 is 19.0. The minimum atomic E-state index is -0.285. The van der Waals surface area contributed by atoms with Crippen LogP contribution in [-0.2, 0) is 4.74 Å². The van der Waals surface area contributed by atoms with Crippen molar-refractivity contribution in [3.63, 3.8) is 0 Å². The molecule has 0 aliphatic carbocycles. The molecule has 0 amide bonds. The maximum absolute atomic E-state index is 13.4. The molecule has 0 saturated carbocycles. The second-order valence-electron chi connectivity index (χ2n) is 8.66. The highest BCUT2D eigenvalue weighted by atomic mass is 19.1. The summed E-state index contributed by atoms with van der Waals surface area (Å²) in [6, 6.07) is 8.46. The van der Waals surface area contributed by atoms with Crippen LogP contribution >= 0.6 is 0 Å². The van der Waals surface area contributed by atoms with Gasteiger partial charge in [0, 0.05) is 42.3 Å². The summed E-state index contributed by atoms with van der Waals surface area (Å²) in [5.41, 5.74) is 4.59. The highest BCUT2D eigenvalue weighted by Gasteiger charge is 2.24. The zero-order chi connectivity index (χ0) is 22.9. The van der Waals surface area contributed by atoms with Gasteiger partial charge in [-0.2, -0.15) is 0 Å². The van der Waals surface area contributed by atoms with Crippen LogP contribution in [0.15, 0.2) is 48.9 Å². The average Bonchev–Trinajstić information content (AvgIpc) is 3.25. The molecule has 33 heavy (non-hydrogen) atoms. The summed E-state index contributed by atoms with van der Waals surface area (Å²) in [7, 11) is 0. The van der Waals surface area contributed by atoms with Crippen LogP contribution in [0.1, 0.15) is 32.3 Å². The molecule has 1 saturated heterocycles. The topological polar surface area (TPSA) is 79.0 Å². The van der Waals surface area contributed by atoms with Gasteiger partial charge < -0.3 is 19.9 Å². The van der Waals surface area contributed by atoms with Gasteiger partial charge >= 0.3 is 0 Å². The van der Waals surface area contributed by atoms with E-state index in [4.69, 9.17) is 9.72 Å². The van der Waals surface area contributed by atoms with Crippen LogP contribution in [0, 0.1) is 5.82 Å². The Morgan fingerprint density at radius 3 is 2.76 bits per heavy atom. The predicted molar refractivity (Wildman–Crippen MR) is 129 cm³/mol. The molecule has 1 aromatic carbocycles. The van der Waals surface area contributed by atoms with Crippen molar-refractivity contribution in [3.05, 3.63) is 60.3 Å². The van der Waals surface area contributed by atoms with E-state index in [0.29, 0.717) is 19.0 Å². The molecule has 4 heterocycles. The van der Waals surface area contributed by atoms with Crippen molar-refractivity contribution in [3.8, 4) is 11.4 Å². The molecule has 4 aromatic rings. The van der Waals surface area contributed by atoms with Crippen molar-refractivity contribution in [1.82, 2.24) is 19.9 Å². The smallest absolute Gasteiger partial charge is 0.161 e. The van der Waals surface area contributed by atoms with Crippen LogP contribution in [-0.4, -0.2) is 45.7 Å². The van der Waals surface area contributed by atoms with Crippen molar-refractivity contribution in [2.75, 3.05) is 30.0 Å². The van der Waals surface area contributed by atoms with Crippen molar-refractivity contribution in [2.24, 2.45) is 0 Å². The quantitative estimate of drug-likeness (QED) is 0.436. The first-order valence-corrected chi connectivity index (χ1v) is 11.2. The number of H-pyrrole nitrogens is 1. The SMILES string of the molecule is CC(C)c1cnc(-c2ccc(F)cc2)nc1Nc1ccnc2[nH]cc(N3CCOCC3C)c12. The molecule has 0 spiro atoms. The third-order valence-corrected chi connectivity index (χ3v) is 6.02. The Bertz CT molecular complexity index is 1270. The molecule has 1 aliphatic rings. The molecule has 1 unspecified atom stereocenters. The first kappa shape index (κ1) is 21.3. The Morgan fingerprint density at radius 2 is 2.00 bits per heavy atom. The van der Waals surface area contributed by atoms with E-state index < -0.39 is 0 Å². The number of ether oxygens (including phenoxy) is 1. The predicted octanol–water partition coefficient (Wildman–Crippen LogP) is 5.25. The first-order chi connectivity index (χ1) is 16.0. The number of hydrogen-bond donors (Lipinski definition) is 2. The van der Waals surface area contributed by atoms with E-state index in [1.54, 1.807) is 18.3 Å². The summed E-state index contributed by atoms with van der Waals surface area (Å²) in [5, 5.41) is 4.57. The Labute approximate surface area is 192 Å². The average molecular weight is 447 g/mol. The van der Waals surface area contributed by atoms with Gasteiger partial charge in [0.15, 0.2) is 5.82 Å². The van der Waals surface area contributed by atoms with E-state index in [1.165, 1.54) is 12.1 Å². The lowest BCUT2D eigenvalue weighted by Gasteiger charge is -2.35. The number of fused-ring (bicyclic) bond motifs is 1. The van der Waals surface area contributed by atoms with Crippen molar-refractivity contribution in [2.45, 2.75) is 32.7 Å². The largest absolute Gasteiger partial charge is 0.377 e. The standard InChI is InChI=1S/C25H27FN6O/c1-15(2)19-12-28-23(17-4-6-18(26)7-5-17)31-24(19)30-20-8-9-27-25-22(20)21(13-29-25)32-10-11-33-14-16(32)3/h4-9,12-13,15-16H,10-11,14H2,1-3H3,(H2,27,28,29,30,31). The Morgan fingerprint density at radius 1 is 1.18 bits per heavy atom. The lowest BCUT2D eigenvalue weighted by atomic mass is 10.1. The number of nitrogens with one attached hydrogen (secondary N) is 2. The molecular weight excluding hydrogens is 419 g/mol. The van der Waals surface area contributed by atoms with Gasteiger partial charge in [0.25, 0.3) is 0 Å². The maximum atomic E-state index is 13.4. The van der Waals surface area contributed by atoms with Crippen LogP contribution in [0.5, 0.6) is 0 Å².